The van der Waals surface area contributed by atoms with Gasteiger partial charge in [-0.1, -0.05) is 18.2 Å². The average molecular weight is 430 g/mol. The minimum Gasteiger partial charge on any atom is -0.490 e. The van der Waals surface area contributed by atoms with E-state index < -0.39 is 0 Å². The lowest BCUT2D eigenvalue weighted by Crippen LogP contribution is -2.24. The summed E-state index contributed by atoms with van der Waals surface area (Å²) < 4.78 is 13.6. The first-order chi connectivity index (χ1) is 15.7. The van der Waals surface area contributed by atoms with Crippen LogP contribution in [-0.4, -0.2) is 39.1 Å². The molecular formula is C25H27N5O2. The van der Waals surface area contributed by atoms with Crippen molar-refractivity contribution >= 4 is 27.6 Å². The molecule has 4 aromatic rings. The maximum atomic E-state index is 6.30. The second-order valence-electron chi connectivity index (χ2n) is 8.94. The van der Waals surface area contributed by atoms with E-state index in [1.807, 2.05) is 4.68 Å². The predicted octanol–water partition coefficient (Wildman–Crippen LogP) is 4.59. The number of nitrogen functional groups attached to an aromatic ring is 1. The molecule has 1 saturated heterocycles. The van der Waals surface area contributed by atoms with Gasteiger partial charge >= 0.3 is 0 Å². The van der Waals surface area contributed by atoms with Gasteiger partial charge in [-0.05, 0) is 67.0 Å². The van der Waals surface area contributed by atoms with E-state index >= 15 is 0 Å². The Labute approximate surface area is 186 Å². The highest BCUT2D eigenvalue weighted by molar-refractivity contribution is 6.00. The number of rotatable bonds is 5. The molecule has 2 aliphatic rings. The van der Waals surface area contributed by atoms with Gasteiger partial charge in [0.1, 0.15) is 23.6 Å². The van der Waals surface area contributed by atoms with Crippen LogP contribution in [0, 0.1) is 5.92 Å². The molecule has 32 heavy (non-hydrogen) atoms. The molecule has 0 atom stereocenters. The molecule has 1 aliphatic carbocycles. The van der Waals surface area contributed by atoms with Crippen molar-refractivity contribution in [2.45, 2.75) is 44.8 Å². The van der Waals surface area contributed by atoms with Crippen LogP contribution in [0.15, 0.2) is 42.7 Å². The topological polar surface area (TPSA) is 88.1 Å². The highest BCUT2D eigenvalue weighted by atomic mass is 16.5. The molecule has 6 rings (SSSR count). The minimum atomic E-state index is 0.376. The zero-order chi connectivity index (χ0) is 21.5. The number of nitrogens with two attached hydrogens (primary N) is 1. The lowest BCUT2D eigenvalue weighted by atomic mass is 9.96. The Morgan fingerprint density at radius 3 is 2.62 bits per heavy atom. The van der Waals surface area contributed by atoms with Gasteiger partial charge in [-0.2, -0.15) is 5.10 Å². The molecule has 0 spiro atoms. The Bertz CT molecular complexity index is 1270. The Balaban J connectivity index is 1.37. The van der Waals surface area contributed by atoms with Gasteiger partial charge in [-0.25, -0.2) is 14.6 Å². The Morgan fingerprint density at radius 1 is 1.00 bits per heavy atom. The molecule has 164 valence electrons. The van der Waals surface area contributed by atoms with E-state index in [0.29, 0.717) is 17.8 Å². The second kappa shape index (κ2) is 8.06. The molecular weight excluding hydrogens is 402 g/mol. The molecule has 3 heterocycles. The third-order valence-corrected chi connectivity index (χ3v) is 6.77. The molecule has 1 saturated carbocycles. The number of ether oxygens (including phenoxy) is 2. The predicted molar refractivity (Wildman–Crippen MR) is 124 cm³/mol. The number of hydrogen-bond donors (Lipinski definition) is 1. The average Bonchev–Trinajstić information content (AvgIpc) is 3.16. The number of anilines is 1. The summed E-state index contributed by atoms with van der Waals surface area (Å²) in [4.78, 5) is 8.78. The molecule has 0 unspecified atom stereocenters. The van der Waals surface area contributed by atoms with E-state index in [0.717, 1.165) is 84.3 Å². The first-order valence-corrected chi connectivity index (χ1v) is 11.5. The van der Waals surface area contributed by atoms with Crippen LogP contribution in [0.1, 0.15) is 32.1 Å². The molecule has 7 heteroatoms. The highest BCUT2D eigenvalue weighted by Gasteiger charge is 2.22. The van der Waals surface area contributed by atoms with E-state index in [1.54, 1.807) is 0 Å². The lowest BCUT2D eigenvalue weighted by molar-refractivity contribution is 0.0605. The van der Waals surface area contributed by atoms with Gasteiger partial charge in [0.25, 0.3) is 0 Å². The summed E-state index contributed by atoms with van der Waals surface area (Å²) >= 11 is 0. The quantitative estimate of drug-likeness (QED) is 0.499. The van der Waals surface area contributed by atoms with Gasteiger partial charge in [-0.3, -0.25) is 0 Å². The van der Waals surface area contributed by atoms with Crippen LogP contribution in [0.2, 0.25) is 0 Å². The maximum absolute atomic E-state index is 6.30. The molecule has 2 aromatic carbocycles. The van der Waals surface area contributed by atoms with Gasteiger partial charge in [0, 0.05) is 25.3 Å². The van der Waals surface area contributed by atoms with Crippen molar-refractivity contribution < 1.29 is 9.47 Å². The van der Waals surface area contributed by atoms with Crippen molar-refractivity contribution in [3.63, 3.8) is 0 Å². The third-order valence-electron chi connectivity index (χ3n) is 6.77. The minimum absolute atomic E-state index is 0.376. The van der Waals surface area contributed by atoms with Crippen molar-refractivity contribution in [3.05, 3.63) is 42.7 Å². The molecule has 0 radical (unpaired) electrons. The van der Waals surface area contributed by atoms with Gasteiger partial charge in [-0.15, -0.1) is 0 Å². The fraction of sp³-hybridized carbons (Fsp3) is 0.400. The number of nitrogens with zero attached hydrogens (tertiary/aromatic N) is 4. The van der Waals surface area contributed by atoms with Crippen molar-refractivity contribution in [1.29, 1.82) is 0 Å². The standard InChI is InChI=1S/C25H27N5O2/c26-24-22-23(29-30(25(22)28-15-27-24)14-16-8-10-31-11-9-16)19-5-4-18-13-21(7-6-17(18)12-19)32-20-2-1-3-20/h4-7,12-13,15-16,20H,1-3,8-11,14H2,(H2,26,27,28). The molecule has 1 aliphatic heterocycles. The van der Waals surface area contributed by atoms with Gasteiger partial charge < -0.3 is 15.2 Å². The summed E-state index contributed by atoms with van der Waals surface area (Å²) in [6.45, 7) is 2.43. The summed E-state index contributed by atoms with van der Waals surface area (Å²) in [6, 6.07) is 12.7. The summed E-state index contributed by atoms with van der Waals surface area (Å²) in [5.41, 5.74) is 8.94. The summed E-state index contributed by atoms with van der Waals surface area (Å²) in [7, 11) is 0. The normalized spacial score (nSPS) is 17.6. The van der Waals surface area contributed by atoms with Crippen molar-refractivity contribution in [2.75, 3.05) is 18.9 Å². The van der Waals surface area contributed by atoms with Crippen LogP contribution in [0.25, 0.3) is 33.1 Å². The fourth-order valence-electron chi connectivity index (χ4n) is 4.66. The smallest absolute Gasteiger partial charge is 0.163 e. The number of benzene rings is 2. The zero-order valence-corrected chi connectivity index (χ0v) is 18.0. The summed E-state index contributed by atoms with van der Waals surface area (Å²) in [6.07, 6.45) is 7.56. The second-order valence-corrected chi connectivity index (χ2v) is 8.94. The first kappa shape index (κ1) is 19.5. The first-order valence-electron chi connectivity index (χ1n) is 11.5. The summed E-state index contributed by atoms with van der Waals surface area (Å²) in [5, 5.41) is 8.09. The number of aromatic nitrogens is 4. The molecule has 0 bridgehead atoms. The van der Waals surface area contributed by atoms with Gasteiger partial charge in [0.15, 0.2) is 5.65 Å². The molecule has 2 N–H and O–H groups in total. The third kappa shape index (κ3) is 3.56. The van der Waals surface area contributed by atoms with Crippen LogP contribution in [0.5, 0.6) is 5.75 Å². The lowest BCUT2D eigenvalue weighted by Gasteiger charge is -2.26. The van der Waals surface area contributed by atoms with Crippen LogP contribution in [0.4, 0.5) is 5.82 Å². The zero-order valence-electron chi connectivity index (χ0n) is 18.0. The van der Waals surface area contributed by atoms with E-state index in [-0.39, 0.29) is 0 Å². The van der Waals surface area contributed by atoms with E-state index in [9.17, 15) is 0 Å². The van der Waals surface area contributed by atoms with Crippen LogP contribution in [0.3, 0.4) is 0 Å². The van der Waals surface area contributed by atoms with Crippen LogP contribution < -0.4 is 10.5 Å². The number of fused-ring (bicyclic) bond motifs is 2. The molecule has 7 nitrogen and oxygen atoms in total. The van der Waals surface area contributed by atoms with Gasteiger partial charge in [0.05, 0.1) is 11.5 Å². The van der Waals surface area contributed by atoms with Crippen molar-refractivity contribution in [3.8, 4) is 17.0 Å². The van der Waals surface area contributed by atoms with Crippen molar-refractivity contribution in [1.82, 2.24) is 19.7 Å². The van der Waals surface area contributed by atoms with E-state index in [4.69, 9.17) is 20.3 Å². The SMILES string of the molecule is Nc1ncnc2c1c(-c1ccc3cc(OC4CCC4)ccc3c1)nn2CC1CCOCC1. The Morgan fingerprint density at radius 2 is 1.81 bits per heavy atom. The van der Waals surface area contributed by atoms with E-state index in [2.05, 4.69) is 46.4 Å². The fourth-order valence-corrected chi connectivity index (χ4v) is 4.66. The molecule has 2 aromatic heterocycles. The molecule has 2 fully saturated rings. The number of hydrogen-bond acceptors (Lipinski definition) is 6. The van der Waals surface area contributed by atoms with Gasteiger partial charge in [0.2, 0.25) is 0 Å². The van der Waals surface area contributed by atoms with Crippen LogP contribution in [-0.2, 0) is 11.3 Å². The van der Waals surface area contributed by atoms with Crippen LogP contribution >= 0.6 is 0 Å². The van der Waals surface area contributed by atoms with E-state index in [1.165, 1.54) is 12.7 Å². The largest absolute Gasteiger partial charge is 0.490 e. The Hall–Kier alpha value is -3.19. The monoisotopic (exact) mass is 429 g/mol. The van der Waals surface area contributed by atoms with Crippen molar-refractivity contribution in [2.24, 2.45) is 5.92 Å². The Kier molecular flexibility index (Phi) is 4.91. The highest BCUT2D eigenvalue weighted by Crippen LogP contribution is 2.34. The molecule has 0 amide bonds. The summed E-state index contributed by atoms with van der Waals surface area (Å²) in [5.74, 6) is 1.94. The maximum Gasteiger partial charge on any atom is 0.163 e.